The lowest BCUT2D eigenvalue weighted by Gasteiger charge is -2.06. The Kier molecular flexibility index (Phi) is 4.16. The summed E-state index contributed by atoms with van der Waals surface area (Å²) in [5.41, 5.74) is 2.98. The molecular weight excluding hydrogens is 293 g/mol. The van der Waals surface area contributed by atoms with Crippen LogP contribution < -0.4 is 5.32 Å². The average Bonchev–Trinajstić information content (AvgIpc) is 2.75. The first kappa shape index (κ1) is 13.3. The normalized spacial score (nSPS) is 10.4. The van der Waals surface area contributed by atoms with Gasteiger partial charge in [0.05, 0.1) is 28.3 Å². The van der Waals surface area contributed by atoms with Crippen molar-refractivity contribution in [3.05, 3.63) is 44.1 Å². The highest BCUT2D eigenvalue weighted by molar-refractivity contribution is 7.09. The van der Waals surface area contributed by atoms with E-state index in [0.29, 0.717) is 12.1 Å². The molecule has 2 aromatic rings. The summed E-state index contributed by atoms with van der Waals surface area (Å²) in [7, 11) is 0. The molecule has 1 N–H and O–H groups in total. The first-order chi connectivity index (χ1) is 8.58. The standard InChI is InChI=1S/C11H9Cl2N3OS/c1-6-9(18-5-16-6)4-15-11(17)7-2-10(13)14-3-8(7)12/h2-3,5H,4H2,1H3,(H,15,17). The van der Waals surface area contributed by atoms with Gasteiger partial charge in [-0.1, -0.05) is 23.2 Å². The summed E-state index contributed by atoms with van der Waals surface area (Å²) in [6.45, 7) is 2.32. The fraction of sp³-hybridized carbons (Fsp3) is 0.182. The Hall–Kier alpha value is -1.17. The Bertz CT molecular complexity index is 585. The van der Waals surface area contributed by atoms with Gasteiger partial charge in [0, 0.05) is 11.1 Å². The lowest BCUT2D eigenvalue weighted by molar-refractivity contribution is 0.0951. The number of halogens is 2. The van der Waals surface area contributed by atoms with Gasteiger partial charge in [0.15, 0.2) is 0 Å². The molecule has 94 valence electrons. The minimum absolute atomic E-state index is 0.235. The van der Waals surface area contributed by atoms with Gasteiger partial charge in [0.1, 0.15) is 5.15 Å². The minimum Gasteiger partial charge on any atom is -0.347 e. The Balaban J connectivity index is 2.08. The van der Waals surface area contributed by atoms with E-state index in [1.165, 1.54) is 23.6 Å². The first-order valence-corrected chi connectivity index (χ1v) is 6.69. The number of aryl methyl sites for hydroxylation is 1. The zero-order valence-electron chi connectivity index (χ0n) is 9.41. The van der Waals surface area contributed by atoms with Gasteiger partial charge in [-0.05, 0) is 13.0 Å². The number of aromatic nitrogens is 2. The maximum atomic E-state index is 11.9. The van der Waals surface area contributed by atoms with Gasteiger partial charge in [-0.15, -0.1) is 11.3 Å². The predicted molar refractivity (Wildman–Crippen MR) is 72.3 cm³/mol. The number of hydrogen-bond acceptors (Lipinski definition) is 4. The molecular formula is C11H9Cl2N3OS. The van der Waals surface area contributed by atoms with Crippen molar-refractivity contribution in [3.63, 3.8) is 0 Å². The molecule has 1 amide bonds. The molecule has 18 heavy (non-hydrogen) atoms. The number of hydrogen-bond donors (Lipinski definition) is 1. The Morgan fingerprint density at radius 1 is 1.44 bits per heavy atom. The van der Waals surface area contributed by atoms with E-state index in [0.717, 1.165) is 10.6 Å². The van der Waals surface area contributed by atoms with Gasteiger partial charge in [-0.3, -0.25) is 4.79 Å². The van der Waals surface area contributed by atoms with Gasteiger partial charge in [-0.25, -0.2) is 9.97 Å². The molecule has 2 heterocycles. The summed E-state index contributed by atoms with van der Waals surface area (Å²) in [6, 6.07) is 1.44. The van der Waals surface area contributed by atoms with Crippen molar-refractivity contribution in [2.24, 2.45) is 0 Å². The number of carbonyl (C=O) groups excluding carboxylic acids is 1. The molecule has 0 bridgehead atoms. The molecule has 0 atom stereocenters. The van der Waals surface area contributed by atoms with E-state index in [-0.39, 0.29) is 16.1 Å². The van der Waals surface area contributed by atoms with Crippen molar-refractivity contribution in [2.45, 2.75) is 13.5 Å². The zero-order chi connectivity index (χ0) is 13.1. The number of thiazole rings is 1. The fourth-order valence-electron chi connectivity index (χ4n) is 1.34. The third-order valence-electron chi connectivity index (χ3n) is 2.32. The van der Waals surface area contributed by atoms with Crippen molar-refractivity contribution >= 4 is 40.4 Å². The van der Waals surface area contributed by atoms with Gasteiger partial charge >= 0.3 is 0 Å². The van der Waals surface area contributed by atoms with Crippen LogP contribution in [-0.2, 0) is 6.54 Å². The van der Waals surface area contributed by atoms with Crippen LogP contribution in [-0.4, -0.2) is 15.9 Å². The van der Waals surface area contributed by atoms with Crippen molar-refractivity contribution < 1.29 is 4.79 Å². The van der Waals surface area contributed by atoms with E-state index in [9.17, 15) is 4.79 Å². The molecule has 0 aromatic carbocycles. The monoisotopic (exact) mass is 301 g/mol. The van der Waals surface area contributed by atoms with E-state index in [1.807, 2.05) is 6.92 Å². The third kappa shape index (κ3) is 2.98. The van der Waals surface area contributed by atoms with Crippen LogP contribution in [0.2, 0.25) is 10.2 Å². The van der Waals surface area contributed by atoms with E-state index in [2.05, 4.69) is 15.3 Å². The Morgan fingerprint density at radius 2 is 2.22 bits per heavy atom. The SMILES string of the molecule is Cc1ncsc1CNC(=O)c1cc(Cl)ncc1Cl. The van der Waals surface area contributed by atoms with Crippen LogP contribution in [0.3, 0.4) is 0 Å². The van der Waals surface area contributed by atoms with Crippen LogP contribution in [0.4, 0.5) is 0 Å². The predicted octanol–water partition coefficient (Wildman–Crippen LogP) is 3.08. The number of carbonyl (C=O) groups is 1. The highest BCUT2D eigenvalue weighted by Crippen LogP contribution is 2.18. The molecule has 7 heteroatoms. The van der Waals surface area contributed by atoms with Crippen molar-refractivity contribution in [1.82, 2.24) is 15.3 Å². The van der Waals surface area contributed by atoms with Crippen molar-refractivity contribution in [3.8, 4) is 0 Å². The van der Waals surface area contributed by atoms with Gasteiger partial charge in [0.25, 0.3) is 5.91 Å². The lowest BCUT2D eigenvalue weighted by Crippen LogP contribution is -2.23. The molecule has 2 aromatic heterocycles. The molecule has 2 rings (SSSR count). The summed E-state index contributed by atoms with van der Waals surface area (Å²) in [5, 5.41) is 3.28. The third-order valence-corrected chi connectivity index (χ3v) is 3.76. The topological polar surface area (TPSA) is 54.9 Å². The van der Waals surface area contributed by atoms with Gasteiger partial charge in [0.2, 0.25) is 0 Å². The Morgan fingerprint density at radius 3 is 2.89 bits per heavy atom. The van der Waals surface area contributed by atoms with Crippen LogP contribution in [0.5, 0.6) is 0 Å². The second-order valence-electron chi connectivity index (χ2n) is 3.53. The summed E-state index contributed by atoms with van der Waals surface area (Å²) in [5.74, 6) is -0.280. The zero-order valence-corrected chi connectivity index (χ0v) is 11.7. The molecule has 0 fully saturated rings. The number of nitrogens with zero attached hydrogens (tertiary/aromatic N) is 2. The fourth-order valence-corrected chi connectivity index (χ4v) is 2.40. The molecule has 0 saturated heterocycles. The molecule has 4 nitrogen and oxygen atoms in total. The van der Waals surface area contributed by atoms with Crippen LogP contribution in [0.25, 0.3) is 0 Å². The highest BCUT2D eigenvalue weighted by atomic mass is 35.5. The molecule has 0 unspecified atom stereocenters. The van der Waals surface area contributed by atoms with Crippen molar-refractivity contribution in [1.29, 1.82) is 0 Å². The maximum Gasteiger partial charge on any atom is 0.253 e. The molecule has 0 aliphatic heterocycles. The summed E-state index contributed by atoms with van der Waals surface area (Å²) >= 11 is 13.1. The molecule has 0 saturated carbocycles. The van der Waals surface area contributed by atoms with E-state index >= 15 is 0 Å². The number of nitrogens with one attached hydrogen (secondary N) is 1. The first-order valence-electron chi connectivity index (χ1n) is 5.06. The second-order valence-corrected chi connectivity index (χ2v) is 5.26. The van der Waals surface area contributed by atoms with E-state index in [4.69, 9.17) is 23.2 Å². The lowest BCUT2D eigenvalue weighted by atomic mass is 10.2. The van der Waals surface area contributed by atoms with Crippen LogP contribution in [0.1, 0.15) is 20.9 Å². The maximum absolute atomic E-state index is 11.9. The number of rotatable bonds is 3. The minimum atomic E-state index is -0.280. The van der Waals surface area contributed by atoms with E-state index < -0.39 is 0 Å². The summed E-state index contributed by atoms with van der Waals surface area (Å²) < 4.78 is 0. The summed E-state index contributed by atoms with van der Waals surface area (Å²) in [6.07, 6.45) is 1.36. The van der Waals surface area contributed by atoms with Crippen LogP contribution >= 0.6 is 34.5 Å². The van der Waals surface area contributed by atoms with Crippen LogP contribution in [0.15, 0.2) is 17.8 Å². The molecule has 0 aliphatic carbocycles. The van der Waals surface area contributed by atoms with Gasteiger partial charge < -0.3 is 5.32 Å². The molecule has 0 radical (unpaired) electrons. The smallest absolute Gasteiger partial charge is 0.253 e. The average molecular weight is 302 g/mol. The van der Waals surface area contributed by atoms with E-state index in [1.54, 1.807) is 5.51 Å². The van der Waals surface area contributed by atoms with Crippen molar-refractivity contribution in [2.75, 3.05) is 0 Å². The highest BCUT2D eigenvalue weighted by Gasteiger charge is 2.12. The number of pyridine rings is 1. The van der Waals surface area contributed by atoms with Gasteiger partial charge in [-0.2, -0.15) is 0 Å². The molecule has 0 spiro atoms. The molecule has 0 aliphatic rings. The largest absolute Gasteiger partial charge is 0.347 e. The quantitative estimate of drug-likeness (QED) is 0.886. The second kappa shape index (κ2) is 5.65. The summed E-state index contributed by atoms with van der Waals surface area (Å²) in [4.78, 5) is 20.8. The number of amides is 1. The van der Waals surface area contributed by atoms with Crippen LogP contribution in [0, 0.1) is 6.92 Å². The Labute approximate surface area is 118 Å².